The third-order valence-corrected chi connectivity index (χ3v) is 4.44. The predicted octanol–water partition coefficient (Wildman–Crippen LogP) is 3.84. The van der Waals surface area contributed by atoms with Crippen LogP contribution >= 0.6 is 0 Å². The SMILES string of the molecule is Cc1cc(N2CCCc3oc(-c4ccccn4)nc3C2)cc(F)c1O. The Hall–Kier alpha value is -2.89. The highest BCUT2D eigenvalue weighted by Gasteiger charge is 2.22. The van der Waals surface area contributed by atoms with Gasteiger partial charge in [0.1, 0.15) is 17.1 Å². The summed E-state index contributed by atoms with van der Waals surface area (Å²) in [6.07, 6.45) is 3.37. The van der Waals surface area contributed by atoms with Crippen molar-refractivity contribution in [3.05, 3.63) is 59.4 Å². The molecular weight excluding hydrogens is 321 g/mol. The van der Waals surface area contributed by atoms with Crippen LogP contribution in [0.15, 0.2) is 40.9 Å². The lowest BCUT2D eigenvalue weighted by Gasteiger charge is -2.23. The number of rotatable bonds is 2. The lowest BCUT2D eigenvalue weighted by molar-refractivity contribution is 0.428. The van der Waals surface area contributed by atoms with Crippen LogP contribution in [0.5, 0.6) is 5.75 Å². The number of anilines is 1. The summed E-state index contributed by atoms with van der Waals surface area (Å²) in [6, 6.07) is 8.77. The number of aryl methyl sites for hydroxylation is 2. The van der Waals surface area contributed by atoms with E-state index in [0.29, 0.717) is 23.7 Å². The van der Waals surface area contributed by atoms with E-state index in [9.17, 15) is 9.50 Å². The fourth-order valence-electron chi connectivity index (χ4n) is 3.11. The van der Waals surface area contributed by atoms with Crippen LogP contribution in [0.1, 0.15) is 23.4 Å². The Balaban J connectivity index is 1.66. The van der Waals surface area contributed by atoms with Crippen LogP contribution < -0.4 is 4.90 Å². The van der Waals surface area contributed by atoms with Crippen molar-refractivity contribution in [2.45, 2.75) is 26.3 Å². The van der Waals surface area contributed by atoms with E-state index in [1.54, 1.807) is 19.2 Å². The van der Waals surface area contributed by atoms with Crippen LogP contribution in [0.4, 0.5) is 10.1 Å². The summed E-state index contributed by atoms with van der Waals surface area (Å²) in [5.74, 6) is 0.478. The number of phenols is 1. The van der Waals surface area contributed by atoms with Gasteiger partial charge in [-0.3, -0.25) is 4.98 Å². The molecule has 0 bridgehead atoms. The summed E-state index contributed by atoms with van der Waals surface area (Å²) < 4.78 is 19.8. The monoisotopic (exact) mass is 339 g/mol. The molecule has 3 heterocycles. The van der Waals surface area contributed by atoms with Crippen molar-refractivity contribution in [1.82, 2.24) is 9.97 Å². The van der Waals surface area contributed by atoms with E-state index in [1.807, 2.05) is 18.2 Å². The van der Waals surface area contributed by atoms with Gasteiger partial charge >= 0.3 is 0 Å². The zero-order valence-electron chi connectivity index (χ0n) is 13.9. The van der Waals surface area contributed by atoms with Crippen molar-refractivity contribution in [2.24, 2.45) is 0 Å². The van der Waals surface area contributed by atoms with Crippen LogP contribution in [0, 0.1) is 12.7 Å². The van der Waals surface area contributed by atoms with Gasteiger partial charge in [0.2, 0.25) is 5.89 Å². The van der Waals surface area contributed by atoms with Crippen LogP contribution in [0.25, 0.3) is 11.6 Å². The van der Waals surface area contributed by atoms with Gasteiger partial charge in [-0.1, -0.05) is 6.07 Å². The maximum atomic E-state index is 13.9. The second-order valence-corrected chi connectivity index (χ2v) is 6.22. The predicted molar refractivity (Wildman–Crippen MR) is 91.9 cm³/mol. The molecule has 3 aromatic rings. The molecule has 0 spiro atoms. The molecule has 0 unspecified atom stereocenters. The van der Waals surface area contributed by atoms with E-state index in [-0.39, 0.29) is 5.75 Å². The normalized spacial score (nSPS) is 14.2. The Kier molecular flexibility index (Phi) is 3.87. The standard InChI is InChI=1S/C19H18FN3O2/c1-12-9-13(10-14(20)18(12)24)23-8-4-6-17-16(11-23)22-19(25-17)15-5-2-3-7-21-15/h2-3,5,7,9-10,24H,4,6,8,11H2,1H3. The number of nitrogens with zero attached hydrogens (tertiary/aromatic N) is 3. The summed E-state index contributed by atoms with van der Waals surface area (Å²) in [5.41, 5.74) is 2.81. The number of benzene rings is 1. The maximum absolute atomic E-state index is 13.9. The molecule has 0 amide bonds. The Labute approximate surface area is 144 Å². The molecule has 1 aromatic carbocycles. The van der Waals surface area contributed by atoms with Gasteiger partial charge < -0.3 is 14.4 Å². The van der Waals surface area contributed by atoms with Gasteiger partial charge in [0, 0.05) is 30.9 Å². The Morgan fingerprint density at radius 3 is 2.92 bits per heavy atom. The molecule has 25 heavy (non-hydrogen) atoms. The second kappa shape index (κ2) is 6.20. The van der Waals surface area contributed by atoms with Crippen molar-refractivity contribution in [3.63, 3.8) is 0 Å². The number of oxazole rings is 1. The Bertz CT molecular complexity index is 885. The molecule has 0 radical (unpaired) electrons. The van der Waals surface area contributed by atoms with Crippen molar-refractivity contribution < 1.29 is 13.9 Å². The van der Waals surface area contributed by atoms with Crippen molar-refractivity contribution in [2.75, 3.05) is 11.4 Å². The van der Waals surface area contributed by atoms with Crippen LogP contribution in [0.3, 0.4) is 0 Å². The molecule has 0 fully saturated rings. The van der Waals surface area contributed by atoms with Gasteiger partial charge in [-0.05, 0) is 37.1 Å². The zero-order valence-corrected chi connectivity index (χ0v) is 13.9. The number of fused-ring (bicyclic) bond motifs is 1. The molecular formula is C19H18FN3O2. The highest BCUT2D eigenvalue weighted by atomic mass is 19.1. The maximum Gasteiger partial charge on any atom is 0.245 e. The summed E-state index contributed by atoms with van der Waals surface area (Å²) in [6.45, 7) is 3.00. The number of halogens is 1. The van der Waals surface area contributed by atoms with Crippen molar-refractivity contribution >= 4 is 5.69 Å². The fourth-order valence-corrected chi connectivity index (χ4v) is 3.11. The first-order chi connectivity index (χ1) is 12.1. The van der Waals surface area contributed by atoms with Gasteiger partial charge in [-0.15, -0.1) is 0 Å². The quantitative estimate of drug-likeness (QED) is 0.768. The highest BCUT2D eigenvalue weighted by Crippen LogP contribution is 2.31. The van der Waals surface area contributed by atoms with Crippen LogP contribution in [-0.2, 0) is 13.0 Å². The fraction of sp³-hybridized carbons (Fsp3) is 0.263. The number of aromatic hydroxyl groups is 1. The number of pyridine rings is 1. The highest BCUT2D eigenvalue weighted by molar-refractivity contribution is 5.54. The molecule has 0 saturated carbocycles. The average Bonchev–Trinajstić information content (AvgIpc) is 2.92. The number of phenolic OH excluding ortho intramolecular Hbond substituents is 1. The molecule has 2 aromatic heterocycles. The van der Waals surface area contributed by atoms with E-state index < -0.39 is 5.82 Å². The summed E-state index contributed by atoms with van der Waals surface area (Å²) in [5, 5.41) is 9.64. The van der Waals surface area contributed by atoms with Gasteiger partial charge in [-0.25, -0.2) is 9.37 Å². The van der Waals surface area contributed by atoms with E-state index in [1.165, 1.54) is 6.07 Å². The van der Waals surface area contributed by atoms with E-state index >= 15 is 0 Å². The van der Waals surface area contributed by atoms with E-state index in [4.69, 9.17) is 4.42 Å². The molecule has 6 heteroatoms. The average molecular weight is 339 g/mol. The topological polar surface area (TPSA) is 62.4 Å². The molecule has 128 valence electrons. The Morgan fingerprint density at radius 2 is 2.16 bits per heavy atom. The van der Waals surface area contributed by atoms with Gasteiger partial charge in [-0.2, -0.15) is 0 Å². The van der Waals surface area contributed by atoms with Gasteiger partial charge in [0.05, 0.1) is 6.54 Å². The molecule has 0 saturated heterocycles. The first-order valence-corrected chi connectivity index (χ1v) is 8.26. The van der Waals surface area contributed by atoms with Gasteiger partial charge in [0.15, 0.2) is 11.6 Å². The first kappa shape index (κ1) is 15.6. The minimum atomic E-state index is -0.603. The number of hydrogen-bond acceptors (Lipinski definition) is 5. The third kappa shape index (κ3) is 2.95. The van der Waals surface area contributed by atoms with Gasteiger partial charge in [0.25, 0.3) is 0 Å². The molecule has 0 aliphatic carbocycles. The molecule has 4 rings (SSSR count). The third-order valence-electron chi connectivity index (χ3n) is 4.44. The minimum Gasteiger partial charge on any atom is -0.505 e. The summed E-state index contributed by atoms with van der Waals surface area (Å²) >= 11 is 0. The lowest BCUT2D eigenvalue weighted by Crippen LogP contribution is -2.23. The lowest BCUT2D eigenvalue weighted by atomic mass is 10.1. The smallest absolute Gasteiger partial charge is 0.245 e. The van der Waals surface area contributed by atoms with E-state index in [2.05, 4.69) is 14.9 Å². The second-order valence-electron chi connectivity index (χ2n) is 6.22. The molecule has 0 atom stereocenters. The summed E-state index contributed by atoms with van der Waals surface area (Å²) in [7, 11) is 0. The zero-order chi connectivity index (χ0) is 17.4. The number of aromatic nitrogens is 2. The van der Waals surface area contributed by atoms with E-state index in [0.717, 1.165) is 36.5 Å². The minimum absolute atomic E-state index is 0.293. The largest absolute Gasteiger partial charge is 0.505 e. The molecule has 1 N–H and O–H groups in total. The van der Waals surface area contributed by atoms with Crippen LogP contribution in [0.2, 0.25) is 0 Å². The van der Waals surface area contributed by atoms with Crippen molar-refractivity contribution in [1.29, 1.82) is 0 Å². The van der Waals surface area contributed by atoms with Crippen LogP contribution in [-0.4, -0.2) is 21.6 Å². The molecule has 5 nitrogen and oxygen atoms in total. The first-order valence-electron chi connectivity index (χ1n) is 8.26. The summed E-state index contributed by atoms with van der Waals surface area (Å²) in [4.78, 5) is 10.9. The van der Waals surface area contributed by atoms with Crippen molar-refractivity contribution in [3.8, 4) is 17.3 Å². The molecule has 1 aliphatic rings. The Morgan fingerprint density at radius 1 is 1.28 bits per heavy atom. The molecule has 1 aliphatic heterocycles. The number of hydrogen-bond donors (Lipinski definition) is 1.